The largest absolute Gasteiger partial charge is 0.478 e. The summed E-state index contributed by atoms with van der Waals surface area (Å²) in [5.74, 6) is -2.00. The first kappa shape index (κ1) is 12.2. The molecule has 6 nitrogen and oxygen atoms in total. The van der Waals surface area contributed by atoms with Gasteiger partial charge in [0.25, 0.3) is 0 Å². The number of anilines is 1. The van der Waals surface area contributed by atoms with E-state index in [1.165, 1.54) is 18.5 Å². The predicted molar refractivity (Wildman–Crippen MR) is 62.1 cm³/mol. The lowest BCUT2D eigenvalue weighted by atomic mass is 9.92. The number of hydrogen-bond donors (Lipinski definition) is 1. The number of carboxylic acids is 1. The molecule has 1 aromatic heterocycles. The van der Waals surface area contributed by atoms with Gasteiger partial charge in [-0.15, -0.1) is 0 Å². The Morgan fingerprint density at radius 3 is 2.61 bits per heavy atom. The Kier molecular flexibility index (Phi) is 2.65. The highest BCUT2D eigenvalue weighted by molar-refractivity contribution is 6.23. The Labute approximate surface area is 103 Å². The van der Waals surface area contributed by atoms with Gasteiger partial charge in [0.2, 0.25) is 11.8 Å². The number of pyridine rings is 1. The summed E-state index contributed by atoms with van der Waals surface area (Å²) >= 11 is 0. The third-order valence-corrected chi connectivity index (χ3v) is 2.90. The van der Waals surface area contributed by atoms with Crippen molar-refractivity contribution in [2.75, 3.05) is 4.90 Å². The van der Waals surface area contributed by atoms with Crippen molar-refractivity contribution in [1.82, 2.24) is 4.98 Å². The van der Waals surface area contributed by atoms with Gasteiger partial charge in [-0.05, 0) is 6.07 Å². The summed E-state index contributed by atoms with van der Waals surface area (Å²) < 4.78 is 0. The summed E-state index contributed by atoms with van der Waals surface area (Å²) in [5, 5.41) is 9.05. The molecule has 1 aromatic rings. The van der Waals surface area contributed by atoms with Crippen LogP contribution in [-0.4, -0.2) is 27.9 Å². The zero-order valence-corrected chi connectivity index (χ0v) is 10.0. The molecule has 0 spiro atoms. The molecule has 1 N–H and O–H groups in total. The maximum Gasteiger partial charge on any atom is 0.337 e. The highest BCUT2D eigenvalue weighted by Crippen LogP contribution is 2.36. The van der Waals surface area contributed by atoms with E-state index < -0.39 is 23.2 Å². The second-order valence-electron chi connectivity index (χ2n) is 4.79. The van der Waals surface area contributed by atoms with E-state index in [1.54, 1.807) is 13.8 Å². The summed E-state index contributed by atoms with van der Waals surface area (Å²) in [4.78, 5) is 39.7. The van der Waals surface area contributed by atoms with Crippen molar-refractivity contribution in [2.45, 2.75) is 20.3 Å². The monoisotopic (exact) mass is 248 g/mol. The number of carboxylic acid groups (broad SMARTS) is 1. The molecule has 1 aliphatic rings. The molecule has 0 unspecified atom stereocenters. The van der Waals surface area contributed by atoms with Crippen LogP contribution in [0.15, 0.2) is 18.5 Å². The van der Waals surface area contributed by atoms with Gasteiger partial charge in [0, 0.05) is 12.6 Å². The summed E-state index contributed by atoms with van der Waals surface area (Å²) in [5.41, 5.74) is -0.877. The molecule has 2 rings (SSSR count). The third-order valence-electron chi connectivity index (χ3n) is 2.90. The minimum absolute atomic E-state index is 0.0329. The average Bonchev–Trinajstić information content (AvgIpc) is 2.48. The van der Waals surface area contributed by atoms with Gasteiger partial charge < -0.3 is 5.11 Å². The van der Waals surface area contributed by atoms with E-state index in [0.717, 1.165) is 4.90 Å². The molecule has 0 radical (unpaired) electrons. The Morgan fingerprint density at radius 1 is 1.44 bits per heavy atom. The van der Waals surface area contributed by atoms with Crippen LogP contribution in [0.4, 0.5) is 5.69 Å². The minimum Gasteiger partial charge on any atom is -0.478 e. The number of aromatic nitrogens is 1. The second-order valence-corrected chi connectivity index (χ2v) is 4.79. The molecule has 2 amide bonds. The zero-order chi connectivity index (χ0) is 13.5. The lowest BCUT2D eigenvalue weighted by molar-refractivity contribution is -0.124. The number of rotatable bonds is 2. The van der Waals surface area contributed by atoms with E-state index in [9.17, 15) is 14.4 Å². The Balaban J connectivity index is 2.54. The van der Waals surface area contributed by atoms with Gasteiger partial charge in [-0.3, -0.25) is 14.6 Å². The number of imide groups is 1. The van der Waals surface area contributed by atoms with Crippen molar-refractivity contribution in [3.8, 4) is 0 Å². The molecule has 0 aromatic carbocycles. The van der Waals surface area contributed by atoms with Crippen LogP contribution in [-0.2, 0) is 9.59 Å². The first-order valence-corrected chi connectivity index (χ1v) is 5.39. The molecule has 1 fully saturated rings. The first-order valence-electron chi connectivity index (χ1n) is 5.39. The number of amides is 2. The molecule has 0 saturated carbocycles. The maximum atomic E-state index is 12.1. The fourth-order valence-corrected chi connectivity index (χ4v) is 1.94. The fraction of sp³-hybridized carbons (Fsp3) is 0.333. The molecule has 94 valence electrons. The second kappa shape index (κ2) is 3.90. The average molecular weight is 248 g/mol. The Morgan fingerprint density at radius 2 is 2.11 bits per heavy atom. The predicted octanol–water partition coefficient (Wildman–Crippen LogP) is 1.07. The number of carbonyl (C=O) groups is 3. The maximum absolute atomic E-state index is 12.1. The van der Waals surface area contributed by atoms with Crippen molar-refractivity contribution in [1.29, 1.82) is 0 Å². The SMILES string of the molecule is CC1(C)CC(=O)N(c2cnccc2C(=O)O)C1=O. The van der Waals surface area contributed by atoms with E-state index in [4.69, 9.17) is 5.11 Å². The molecule has 6 heteroatoms. The number of hydrogen-bond acceptors (Lipinski definition) is 4. The zero-order valence-electron chi connectivity index (χ0n) is 10.0. The number of nitrogens with zero attached hydrogens (tertiary/aromatic N) is 2. The molecule has 0 bridgehead atoms. The third kappa shape index (κ3) is 1.75. The standard InChI is InChI=1S/C12H12N2O4/c1-12(2)5-9(15)14(11(12)18)8-6-13-4-3-7(8)10(16)17/h3-4,6H,5H2,1-2H3,(H,16,17). The molecule has 0 atom stereocenters. The highest BCUT2D eigenvalue weighted by Gasteiger charge is 2.46. The Bertz CT molecular complexity index is 551. The number of carbonyl (C=O) groups excluding carboxylic acids is 2. The molecule has 1 aliphatic heterocycles. The van der Waals surface area contributed by atoms with Crippen LogP contribution in [0.5, 0.6) is 0 Å². The van der Waals surface area contributed by atoms with Crippen molar-refractivity contribution in [3.63, 3.8) is 0 Å². The number of aromatic carboxylic acids is 1. The van der Waals surface area contributed by atoms with Crippen molar-refractivity contribution in [3.05, 3.63) is 24.0 Å². The van der Waals surface area contributed by atoms with E-state index in [2.05, 4.69) is 4.98 Å². The van der Waals surface area contributed by atoms with E-state index in [-0.39, 0.29) is 17.7 Å². The van der Waals surface area contributed by atoms with Gasteiger partial charge in [0.1, 0.15) is 0 Å². The molecule has 2 heterocycles. The van der Waals surface area contributed by atoms with Gasteiger partial charge in [0.05, 0.1) is 22.9 Å². The van der Waals surface area contributed by atoms with Crippen LogP contribution in [0.3, 0.4) is 0 Å². The van der Waals surface area contributed by atoms with Crippen molar-refractivity contribution < 1.29 is 19.5 Å². The van der Waals surface area contributed by atoms with Gasteiger partial charge in [-0.2, -0.15) is 0 Å². The summed E-state index contributed by atoms with van der Waals surface area (Å²) in [6, 6.07) is 1.27. The molecule has 18 heavy (non-hydrogen) atoms. The lowest BCUT2D eigenvalue weighted by Gasteiger charge is -2.18. The van der Waals surface area contributed by atoms with E-state index >= 15 is 0 Å². The smallest absolute Gasteiger partial charge is 0.337 e. The van der Waals surface area contributed by atoms with Crippen LogP contribution in [0.25, 0.3) is 0 Å². The summed E-state index contributed by atoms with van der Waals surface area (Å²) in [6.45, 7) is 3.31. The molecular weight excluding hydrogens is 236 g/mol. The summed E-state index contributed by atoms with van der Waals surface area (Å²) in [6.07, 6.45) is 2.60. The van der Waals surface area contributed by atoms with Crippen LogP contribution in [0.2, 0.25) is 0 Å². The first-order chi connectivity index (χ1) is 8.34. The van der Waals surface area contributed by atoms with Crippen LogP contribution in [0, 0.1) is 5.41 Å². The lowest BCUT2D eigenvalue weighted by Crippen LogP contribution is -2.34. The van der Waals surface area contributed by atoms with Crippen molar-refractivity contribution >= 4 is 23.5 Å². The topological polar surface area (TPSA) is 87.6 Å². The van der Waals surface area contributed by atoms with Crippen molar-refractivity contribution in [2.24, 2.45) is 5.41 Å². The van der Waals surface area contributed by atoms with Crippen LogP contribution in [0.1, 0.15) is 30.6 Å². The summed E-state index contributed by atoms with van der Waals surface area (Å²) in [7, 11) is 0. The van der Waals surface area contributed by atoms with Gasteiger partial charge in [-0.1, -0.05) is 13.8 Å². The van der Waals surface area contributed by atoms with Crippen LogP contribution >= 0.6 is 0 Å². The van der Waals surface area contributed by atoms with E-state index in [0.29, 0.717) is 0 Å². The quantitative estimate of drug-likeness (QED) is 0.791. The minimum atomic E-state index is -1.20. The molecule has 0 aliphatic carbocycles. The molecular formula is C12H12N2O4. The van der Waals surface area contributed by atoms with E-state index in [1.807, 2.05) is 0 Å². The molecule has 1 saturated heterocycles. The fourth-order valence-electron chi connectivity index (χ4n) is 1.94. The van der Waals surface area contributed by atoms with Gasteiger partial charge in [0.15, 0.2) is 0 Å². The normalized spacial score (nSPS) is 18.2. The van der Waals surface area contributed by atoms with Gasteiger partial charge in [-0.25, -0.2) is 9.69 Å². The Hall–Kier alpha value is -2.24. The highest BCUT2D eigenvalue weighted by atomic mass is 16.4. The van der Waals surface area contributed by atoms with Crippen LogP contribution < -0.4 is 4.90 Å². The van der Waals surface area contributed by atoms with Gasteiger partial charge >= 0.3 is 5.97 Å².